The lowest BCUT2D eigenvalue weighted by Gasteiger charge is -2.22. The molecule has 0 bridgehead atoms. The molecule has 25 heavy (non-hydrogen) atoms. The number of hydrogen-bond donors (Lipinski definition) is 1. The molecule has 1 aromatic heterocycles. The lowest BCUT2D eigenvalue weighted by Crippen LogP contribution is -2.16. The average Bonchev–Trinajstić information content (AvgIpc) is 2.53. The predicted molar refractivity (Wildman–Crippen MR) is 95.0 cm³/mol. The first kappa shape index (κ1) is 17.8. The van der Waals surface area contributed by atoms with E-state index in [1.807, 2.05) is 13.8 Å². The van der Waals surface area contributed by atoms with E-state index in [1.54, 1.807) is 6.07 Å². The summed E-state index contributed by atoms with van der Waals surface area (Å²) in [6.07, 6.45) is 5.14. The molecule has 0 radical (unpaired) electrons. The molecule has 3 rings (SSSR count). The van der Waals surface area contributed by atoms with Crippen molar-refractivity contribution in [1.82, 2.24) is 9.97 Å². The number of anilines is 1. The number of fused-ring (bicyclic) bond motifs is 1. The van der Waals surface area contributed by atoms with Crippen LogP contribution in [0.2, 0.25) is 0 Å². The maximum atomic E-state index is 14.2. The fraction of sp³-hybridized carbons (Fsp3) is 0.444. The molecule has 1 unspecified atom stereocenters. The van der Waals surface area contributed by atoms with E-state index < -0.39 is 15.7 Å². The zero-order valence-electron chi connectivity index (χ0n) is 14.6. The summed E-state index contributed by atoms with van der Waals surface area (Å²) >= 11 is 0. The molecular formula is C18H22FN3O2S. The fourth-order valence-electron chi connectivity index (χ4n) is 3.21. The Morgan fingerprint density at radius 2 is 1.92 bits per heavy atom. The van der Waals surface area contributed by atoms with Gasteiger partial charge in [-0.3, -0.25) is 0 Å². The van der Waals surface area contributed by atoms with Crippen LogP contribution in [0.3, 0.4) is 0 Å². The summed E-state index contributed by atoms with van der Waals surface area (Å²) in [6.45, 7) is 3.77. The number of nitrogens with one attached hydrogen (secondary N) is 1. The van der Waals surface area contributed by atoms with Gasteiger partial charge in [0.25, 0.3) is 0 Å². The minimum atomic E-state index is -3.57. The Morgan fingerprint density at radius 1 is 1.20 bits per heavy atom. The monoisotopic (exact) mass is 363 g/mol. The molecule has 1 atom stereocenters. The van der Waals surface area contributed by atoms with Gasteiger partial charge in [0.1, 0.15) is 22.4 Å². The molecule has 5 nitrogen and oxygen atoms in total. The van der Waals surface area contributed by atoms with Crippen LogP contribution in [-0.4, -0.2) is 24.6 Å². The van der Waals surface area contributed by atoms with Crippen LogP contribution in [0, 0.1) is 12.7 Å². The van der Waals surface area contributed by atoms with Crippen LogP contribution < -0.4 is 5.32 Å². The lowest BCUT2D eigenvalue weighted by molar-refractivity contribution is 0.568. The second-order valence-electron chi connectivity index (χ2n) is 6.58. The summed E-state index contributed by atoms with van der Waals surface area (Å²) in [5, 5.41) is 3.35. The molecular weight excluding hydrogens is 341 g/mol. The maximum absolute atomic E-state index is 14.2. The minimum Gasteiger partial charge on any atom is -0.363 e. The molecule has 1 heterocycles. The molecule has 0 saturated carbocycles. The maximum Gasteiger partial charge on any atom is 0.178 e. The highest BCUT2D eigenvalue weighted by molar-refractivity contribution is 7.90. The van der Waals surface area contributed by atoms with Crippen molar-refractivity contribution in [2.24, 2.45) is 0 Å². The van der Waals surface area contributed by atoms with Crippen LogP contribution in [0.4, 0.5) is 10.2 Å². The molecule has 0 aliphatic heterocycles. The second kappa shape index (κ2) is 6.71. The summed E-state index contributed by atoms with van der Waals surface area (Å²) in [5.74, 6) is 0.783. The quantitative estimate of drug-likeness (QED) is 0.902. The van der Waals surface area contributed by atoms with Crippen LogP contribution in [-0.2, 0) is 22.7 Å². The Hall–Kier alpha value is -2.02. The normalized spacial score (nSPS) is 15.5. The number of benzene rings is 1. The van der Waals surface area contributed by atoms with Gasteiger partial charge in [-0.25, -0.2) is 22.8 Å². The van der Waals surface area contributed by atoms with Crippen molar-refractivity contribution >= 4 is 15.7 Å². The van der Waals surface area contributed by atoms with Gasteiger partial charge in [0.2, 0.25) is 0 Å². The molecule has 134 valence electrons. The van der Waals surface area contributed by atoms with E-state index in [0.29, 0.717) is 11.4 Å². The summed E-state index contributed by atoms with van der Waals surface area (Å²) in [7, 11) is -3.57. The number of sulfone groups is 1. The van der Waals surface area contributed by atoms with Gasteiger partial charge < -0.3 is 5.32 Å². The highest BCUT2D eigenvalue weighted by Crippen LogP contribution is 2.29. The molecule has 7 heteroatoms. The Morgan fingerprint density at radius 3 is 2.60 bits per heavy atom. The molecule has 1 aromatic carbocycles. The first-order valence-electron chi connectivity index (χ1n) is 8.38. The Kier molecular flexibility index (Phi) is 4.77. The Labute approximate surface area is 147 Å². The highest BCUT2D eigenvalue weighted by atomic mass is 32.2. The third-order valence-electron chi connectivity index (χ3n) is 4.50. The van der Waals surface area contributed by atoms with Crippen molar-refractivity contribution in [3.63, 3.8) is 0 Å². The van der Waals surface area contributed by atoms with Crippen LogP contribution >= 0.6 is 0 Å². The van der Waals surface area contributed by atoms with Gasteiger partial charge in [-0.15, -0.1) is 0 Å². The number of aromatic nitrogens is 2. The van der Waals surface area contributed by atoms with Crippen molar-refractivity contribution in [3.8, 4) is 0 Å². The SMILES string of the molecule is Cc1nc2c(c(NC(C)c3ccc(S(C)(=O)=O)c(F)c3)n1)CCCC2. The largest absolute Gasteiger partial charge is 0.363 e. The third-order valence-corrected chi connectivity index (χ3v) is 5.63. The minimum absolute atomic E-state index is 0.205. The molecule has 0 saturated heterocycles. The van der Waals surface area contributed by atoms with Gasteiger partial charge >= 0.3 is 0 Å². The zero-order valence-corrected chi connectivity index (χ0v) is 15.5. The second-order valence-corrected chi connectivity index (χ2v) is 8.56. The molecule has 1 aliphatic rings. The van der Waals surface area contributed by atoms with Crippen molar-refractivity contribution in [1.29, 1.82) is 0 Å². The van der Waals surface area contributed by atoms with E-state index in [1.165, 1.54) is 12.1 Å². The number of aryl methyl sites for hydroxylation is 2. The van der Waals surface area contributed by atoms with Crippen molar-refractivity contribution in [3.05, 3.63) is 46.7 Å². The summed E-state index contributed by atoms with van der Waals surface area (Å²) in [5.41, 5.74) is 2.90. The van der Waals surface area contributed by atoms with E-state index in [-0.39, 0.29) is 10.9 Å². The fourth-order valence-corrected chi connectivity index (χ4v) is 3.94. The number of hydrogen-bond acceptors (Lipinski definition) is 5. The zero-order chi connectivity index (χ0) is 18.2. The van der Waals surface area contributed by atoms with E-state index >= 15 is 0 Å². The molecule has 2 aromatic rings. The highest BCUT2D eigenvalue weighted by Gasteiger charge is 2.20. The summed E-state index contributed by atoms with van der Waals surface area (Å²) in [4.78, 5) is 8.77. The summed E-state index contributed by atoms with van der Waals surface area (Å²) < 4.78 is 37.3. The predicted octanol–water partition coefficient (Wildman–Crippen LogP) is 3.38. The van der Waals surface area contributed by atoms with Crippen molar-refractivity contribution in [2.75, 3.05) is 11.6 Å². The Balaban J connectivity index is 1.89. The van der Waals surface area contributed by atoms with Crippen LogP contribution in [0.1, 0.15) is 48.5 Å². The number of nitrogens with zero attached hydrogens (tertiary/aromatic N) is 2. The van der Waals surface area contributed by atoms with Gasteiger partial charge in [0.05, 0.1) is 6.04 Å². The smallest absolute Gasteiger partial charge is 0.178 e. The molecule has 0 fully saturated rings. The van der Waals surface area contributed by atoms with Gasteiger partial charge in [-0.2, -0.15) is 0 Å². The van der Waals surface area contributed by atoms with Crippen molar-refractivity contribution in [2.45, 2.75) is 50.5 Å². The van der Waals surface area contributed by atoms with Crippen LogP contribution in [0.5, 0.6) is 0 Å². The van der Waals surface area contributed by atoms with Crippen molar-refractivity contribution < 1.29 is 12.8 Å². The van der Waals surface area contributed by atoms with Gasteiger partial charge in [-0.1, -0.05) is 6.07 Å². The average molecular weight is 363 g/mol. The molecule has 0 amide bonds. The van der Waals surface area contributed by atoms with Gasteiger partial charge in [-0.05, 0) is 57.2 Å². The number of rotatable bonds is 4. The van der Waals surface area contributed by atoms with Gasteiger partial charge in [0.15, 0.2) is 9.84 Å². The van der Waals surface area contributed by atoms with Crippen LogP contribution in [0.15, 0.2) is 23.1 Å². The Bertz CT molecular complexity index is 913. The first-order chi connectivity index (χ1) is 11.8. The van der Waals surface area contributed by atoms with E-state index in [2.05, 4.69) is 15.3 Å². The van der Waals surface area contributed by atoms with E-state index in [0.717, 1.165) is 49.0 Å². The molecule has 1 aliphatic carbocycles. The van der Waals surface area contributed by atoms with E-state index in [4.69, 9.17) is 0 Å². The first-order valence-corrected chi connectivity index (χ1v) is 10.3. The summed E-state index contributed by atoms with van der Waals surface area (Å²) in [6, 6.07) is 4.02. The topological polar surface area (TPSA) is 72.0 Å². The van der Waals surface area contributed by atoms with Gasteiger partial charge in [0, 0.05) is 17.5 Å². The molecule has 0 spiro atoms. The van der Waals surface area contributed by atoms with Crippen LogP contribution in [0.25, 0.3) is 0 Å². The number of halogens is 1. The standard InChI is InChI=1S/C18H22FN3O2S/c1-11(13-8-9-17(15(19)10-13)25(3,23)24)20-18-14-6-4-5-7-16(14)21-12(2)22-18/h8-11H,4-7H2,1-3H3,(H,20,21,22). The molecule has 1 N–H and O–H groups in total. The van der Waals surface area contributed by atoms with E-state index in [9.17, 15) is 12.8 Å². The lowest BCUT2D eigenvalue weighted by atomic mass is 9.96. The third kappa shape index (κ3) is 3.81.